The van der Waals surface area contributed by atoms with Crippen LogP contribution in [0.4, 0.5) is 0 Å². The summed E-state index contributed by atoms with van der Waals surface area (Å²) in [6, 6.07) is 24.5. The molecule has 1 unspecified atom stereocenters. The molecule has 112 valence electrons. The highest BCUT2D eigenvalue weighted by molar-refractivity contribution is 5.86. The Morgan fingerprint density at radius 1 is 0.864 bits per heavy atom. The molecule has 2 atom stereocenters. The Morgan fingerprint density at radius 2 is 1.55 bits per heavy atom. The first-order valence-electron chi connectivity index (χ1n) is 7.66. The van der Waals surface area contributed by atoms with Crippen molar-refractivity contribution < 1.29 is 5.11 Å². The Kier molecular flexibility index (Phi) is 4.52. The molecule has 0 spiro atoms. The fraction of sp³-hybridized carbons (Fsp3) is 0.200. The minimum absolute atomic E-state index is 0.0125. The second-order valence-corrected chi connectivity index (χ2v) is 5.59. The number of likely N-dealkylation sites (N-methyl/N-ethyl adjacent to an activating group) is 1. The van der Waals surface area contributed by atoms with Crippen LogP contribution >= 0.6 is 0 Å². The van der Waals surface area contributed by atoms with Crippen molar-refractivity contribution >= 4 is 10.8 Å². The second-order valence-electron chi connectivity index (χ2n) is 5.59. The topological polar surface area (TPSA) is 32.3 Å². The van der Waals surface area contributed by atoms with Crippen molar-refractivity contribution in [2.45, 2.75) is 12.0 Å². The van der Waals surface area contributed by atoms with Crippen LogP contribution in [0.5, 0.6) is 0 Å². The van der Waals surface area contributed by atoms with Crippen LogP contribution in [-0.2, 0) is 0 Å². The van der Waals surface area contributed by atoms with E-state index in [1.54, 1.807) is 0 Å². The molecule has 0 fully saturated rings. The number of hydrogen-bond donors (Lipinski definition) is 2. The molecule has 0 radical (unpaired) electrons. The van der Waals surface area contributed by atoms with Crippen molar-refractivity contribution in [3.05, 3.63) is 83.9 Å². The van der Waals surface area contributed by atoms with Gasteiger partial charge in [-0.05, 0) is 28.9 Å². The highest BCUT2D eigenvalue weighted by Crippen LogP contribution is 2.34. The van der Waals surface area contributed by atoms with Crippen LogP contribution in [0.3, 0.4) is 0 Å². The number of hydrogen-bond acceptors (Lipinski definition) is 2. The molecule has 3 aromatic rings. The van der Waals surface area contributed by atoms with Crippen LogP contribution in [0.15, 0.2) is 72.8 Å². The molecule has 0 aliphatic carbocycles. The fourth-order valence-electron chi connectivity index (χ4n) is 3.07. The van der Waals surface area contributed by atoms with Crippen molar-refractivity contribution in [2.75, 3.05) is 13.6 Å². The largest absolute Gasteiger partial charge is 0.388 e. The Labute approximate surface area is 131 Å². The van der Waals surface area contributed by atoms with Gasteiger partial charge in [-0.25, -0.2) is 0 Å². The number of aliphatic hydroxyl groups excluding tert-OH is 1. The van der Waals surface area contributed by atoms with E-state index in [-0.39, 0.29) is 5.92 Å². The molecule has 0 amide bonds. The zero-order chi connectivity index (χ0) is 15.4. The summed E-state index contributed by atoms with van der Waals surface area (Å²) >= 11 is 0. The summed E-state index contributed by atoms with van der Waals surface area (Å²) in [6.45, 7) is 0.726. The molecule has 0 aliphatic rings. The van der Waals surface area contributed by atoms with Gasteiger partial charge in [0.15, 0.2) is 0 Å². The predicted octanol–water partition coefficient (Wildman–Crippen LogP) is 3.88. The Hall–Kier alpha value is -2.16. The van der Waals surface area contributed by atoms with Crippen LogP contribution in [0.1, 0.15) is 23.1 Å². The first-order chi connectivity index (χ1) is 10.8. The molecule has 3 rings (SSSR count). The van der Waals surface area contributed by atoms with Crippen LogP contribution in [0.25, 0.3) is 10.8 Å². The summed E-state index contributed by atoms with van der Waals surface area (Å²) in [6.07, 6.45) is -0.528. The van der Waals surface area contributed by atoms with Crippen molar-refractivity contribution in [3.8, 4) is 0 Å². The van der Waals surface area contributed by atoms with Crippen LogP contribution in [-0.4, -0.2) is 18.7 Å². The summed E-state index contributed by atoms with van der Waals surface area (Å²) in [4.78, 5) is 0. The van der Waals surface area contributed by atoms with E-state index in [4.69, 9.17) is 0 Å². The number of rotatable bonds is 5. The van der Waals surface area contributed by atoms with Crippen LogP contribution < -0.4 is 5.32 Å². The van der Waals surface area contributed by atoms with Crippen LogP contribution in [0.2, 0.25) is 0 Å². The van der Waals surface area contributed by atoms with Gasteiger partial charge in [0.05, 0.1) is 6.10 Å². The van der Waals surface area contributed by atoms with Crippen molar-refractivity contribution in [2.24, 2.45) is 0 Å². The quantitative estimate of drug-likeness (QED) is 0.748. The van der Waals surface area contributed by atoms with Gasteiger partial charge in [0.25, 0.3) is 0 Å². The molecule has 0 saturated carbocycles. The van der Waals surface area contributed by atoms with Gasteiger partial charge in [-0.15, -0.1) is 0 Å². The number of aliphatic hydroxyl groups is 1. The molecule has 2 N–H and O–H groups in total. The monoisotopic (exact) mass is 291 g/mol. The third-order valence-corrected chi connectivity index (χ3v) is 4.17. The summed E-state index contributed by atoms with van der Waals surface area (Å²) in [5.74, 6) is 0.0125. The molecule has 0 saturated heterocycles. The molecule has 3 aromatic carbocycles. The standard InChI is InChI=1S/C20H21NO/c1-21-14-19(20(22)16-9-3-2-4-10-16)18-13-7-11-15-8-5-6-12-17(15)18/h2-13,19-22H,14H2,1H3/t19-,20?/m1/s1. The maximum Gasteiger partial charge on any atom is 0.0870 e. The first kappa shape index (κ1) is 14.8. The Bertz CT molecular complexity index is 734. The van der Waals surface area contributed by atoms with Gasteiger partial charge in [-0.3, -0.25) is 0 Å². The molecule has 2 nitrogen and oxygen atoms in total. The molecule has 0 aliphatic heterocycles. The highest BCUT2D eigenvalue weighted by Gasteiger charge is 2.23. The average molecular weight is 291 g/mol. The maximum atomic E-state index is 10.9. The van der Waals surface area contributed by atoms with E-state index in [2.05, 4.69) is 41.7 Å². The average Bonchev–Trinajstić information content (AvgIpc) is 2.59. The predicted molar refractivity (Wildman–Crippen MR) is 92.0 cm³/mol. The smallest absolute Gasteiger partial charge is 0.0870 e. The molecular weight excluding hydrogens is 270 g/mol. The molecule has 0 aromatic heterocycles. The van der Waals surface area contributed by atoms with E-state index in [1.807, 2.05) is 43.4 Å². The number of nitrogens with one attached hydrogen (secondary N) is 1. The molecule has 2 heteroatoms. The van der Waals surface area contributed by atoms with Gasteiger partial charge < -0.3 is 10.4 Å². The van der Waals surface area contributed by atoms with Crippen molar-refractivity contribution in [1.29, 1.82) is 0 Å². The minimum atomic E-state index is -0.528. The zero-order valence-corrected chi connectivity index (χ0v) is 12.7. The van der Waals surface area contributed by atoms with Gasteiger partial charge in [0.1, 0.15) is 0 Å². The van der Waals surface area contributed by atoms with Gasteiger partial charge in [0, 0.05) is 12.5 Å². The molecule has 0 bridgehead atoms. The summed E-state index contributed by atoms with van der Waals surface area (Å²) in [5.41, 5.74) is 2.14. The number of fused-ring (bicyclic) bond motifs is 1. The summed E-state index contributed by atoms with van der Waals surface area (Å²) in [5, 5.41) is 16.5. The molecule has 22 heavy (non-hydrogen) atoms. The Morgan fingerprint density at radius 3 is 2.32 bits per heavy atom. The molecular formula is C20H21NO. The van der Waals surface area contributed by atoms with Crippen LogP contribution in [0, 0.1) is 0 Å². The van der Waals surface area contributed by atoms with E-state index in [0.29, 0.717) is 0 Å². The summed E-state index contributed by atoms with van der Waals surface area (Å²) in [7, 11) is 1.93. The molecule has 0 heterocycles. The lowest BCUT2D eigenvalue weighted by Crippen LogP contribution is -2.23. The van der Waals surface area contributed by atoms with Crippen molar-refractivity contribution in [1.82, 2.24) is 5.32 Å². The van der Waals surface area contributed by atoms with Gasteiger partial charge in [-0.1, -0.05) is 72.8 Å². The minimum Gasteiger partial charge on any atom is -0.388 e. The third kappa shape index (κ3) is 2.89. The van der Waals surface area contributed by atoms with Crippen molar-refractivity contribution in [3.63, 3.8) is 0 Å². The van der Waals surface area contributed by atoms with Gasteiger partial charge >= 0.3 is 0 Å². The maximum absolute atomic E-state index is 10.9. The third-order valence-electron chi connectivity index (χ3n) is 4.17. The number of benzene rings is 3. The normalized spacial score (nSPS) is 13.9. The lowest BCUT2D eigenvalue weighted by atomic mass is 9.86. The second kappa shape index (κ2) is 6.73. The van der Waals surface area contributed by atoms with E-state index in [0.717, 1.165) is 12.1 Å². The lowest BCUT2D eigenvalue weighted by Gasteiger charge is -2.25. The fourth-order valence-corrected chi connectivity index (χ4v) is 3.07. The summed E-state index contributed by atoms with van der Waals surface area (Å²) < 4.78 is 0. The van der Waals surface area contributed by atoms with Gasteiger partial charge in [-0.2, -0.15) is 0 Å². The van der Waals surface area contributed by atoms with Gasteiger partial charge in [0.2, 0.25) is 0 Å². The zero-order valence-electron chi connectivity index (χ0n) is 12.7. The first-order valence-corrected chi connectivity index (χ1v) is 7.66. The van der Waals surface area contributed by atoms with E-state index < -0.39 is 6.10 Å². The van der Waals surface area contributed by atoms with E-state index in [1.165, 1.54) is 16.3 Å². The van der Waals surface area contributed by atoms with E-state index >= 15 is 0 Å². The Balaban J connectivity index is 2.07. The highest BCUT2D eigenvalue weighted by atomic mass is 16.3. The van der Waals surface area contributed by atoms with E-state index in [9.17, 15) is 5.11 Å². The SMILES string of the molecule is CNC[C@H](c1cccc2ccccc12)C(O)c1ccccc1. The lowest BCUT2D eigenvalue weighted by molar-refractivity contribution is 0.145.